The molecular weight excluding hydrogens is 276 g/mol. The number of carboxylic acid groups (broad SMARTS) is 1. The van der Waals surface area contributed by atoms with Crippen LogP contribution in [0.15, 0.2) is 0 Å². The van der Waals surface area contributed by atoms with E-state index in [9.17, 15) is 18.0 Å². The highest BCUT2D eigenvalue weighted by Crippen LogP contribution is 2.12. The number of carboxylic acids is 1. The second kappa shape index (κ2) is 6.71. The number of carbonyl (C=O) groups is 2. The largest absolute Gasteiger partial charge is 0.481 e. The van der Waals surface area contributed by atoms with Gasteiger partial charge in [-0.3, -0.25) is 4.79 Å². The Balaban J connectivity index is 4.50. The minimum Gasteiger partial charge on any atom is -0.481 e. The predicted octanol–water partition coefficient (Wildman–Crippen LogP) is 0.599. The number of hydrogen-bond donors (Lipinski definition) is 3. The van der Waals surface area contributed by atoms with Crippen LogP contribution in [0.3, 0.4) is 0 Å². The minimum absolute atomic E-state index is 0.0858. The summed E-state index contributed by atoms with van der Waals surface area (Å²) in [6, 6.07) is 0. The molecule has 0 aliphatic heterocycles. The van der Waals surface area contributed by atoms with Gasteiger partial charge < -0.3 is 9.84 Å². The topological polar surface area (TPSA) is 122 Å². The van der Waals surface area contributed by atoms with E-state index in [0.717, 1.165) is 0 Å². The van der Waals surface area contributed by atoms with E-state index in [1.807, 2.05) is 0 Å². The van der Waals surface area contributed by atoms with E-state index >= 15 is 0 Å². The van der Waals surface area contributed by atoms with Crippen LogP contribution in [0.25, 0.3) is 0 Å². The van der Waals surface area contributed by atoms with E-state index < -0.39 is 33.9 Å². The molecule has 3 N–H and O–H groups in total. The fourth-order valence-electron chi connectivity index (χ4n) is 1.21. The van der Waals surface area contributed by atoms with E-state index in [-0.39, 0.29) is 12.8 Å². The molecular formula is C10H20N2O6S. The van der Waals surface area contributed by atoms with Crippen LogP contribution in [0, 0.1) is 0 Å². The lowest BCUT2D eigenvalue weighted by Crippen LogP contribution is -2.50. The first-order valence-electron chi connectivity index (χ1n) is 5.68. The number of hydrogen-bond acceptors (Lipinski definition) is 5. The molecule has 0 bridgehead atoms. The third kappa shape index (κ3) is 9.25. The van der Waals surface area contributed by atoms with Gasteiger partial charge >= 0.3 is 22.3 Å². The van der Waals surface area contributed by atoms with E-state index in [0.29, 0.717) is 0 Å². The zero-order valence-corrected chi connectivity index (χ0v) is 12.2. The number of ether oxygens (including phenoxy) is 1. The van der Waals surface area contributed by atoms with E-state index in [4.69, 9.17) is 5.11 Å². The summed E-state index contributed by atoms with van der Waals surface area (Å²) in [6.45, 7) is 6.19. The van der Waals surface area contributed by atoms with Crippen LogP contribution in [0.5, 0.6) is 0 Å². The Morgan fingerprint density at radius 2 is 1.84 bits per heavy atom. The zero-order valence-electron chi connectivity index (χ0n) is 11.4. The highest BCUT2D eigenvalue weighted by atomic mass is 32.2. The van der Waals surface area contributed by atoms with Gasteiger partial charge in [0, 0.05) is 12.0 Å². The SMILES string of the molecule is CC(C)OC(=O)NS(=O)(=O)NC(C)(C)CCC(=O)O. The van der Waals surface area contributed by atoms with Gasteiger partial charge in [0.15, 0.2) is 0 Å². The van der Waals surface area contributed by atoms with Gasteiger partial charge in [-0.1, -0.05) is 0 Å². The molecule has 0 heterocycles. The van der Waals surface area contributed by atoms with E-state index in [1.165, 1.54) is 13.8 Å². The van der Waals surface area contributed by atoms with Gasteiger partial charge in [0.25, 0.3) is 0 Å². The van der Waals surface area contributed by atoms with Gasteiger partial charge in [-0.15, -0.1) is 0 Å². The first-order chi connectivity index (χ1) is 8.43. The summed E-state index contributed by atoms with van der Waals surface area (Å²) in [5.74, 6) is -1.03. The maximum atomic E-state index is 11.6. The van der Waals surface area contributed by atoms with Crippen LogP contribution in [-0.4, -0.2) is 37.2 Å². The van der Waals surface area contributed by atoms with Gasteiger partial charge in [0.2, 0.25) is 0 Å². The van der Waals surface area contributed by atoms with Crippen molar-refractivity contribution >= 4 is 22.3 Å². The Morgan fingerprint density at radius 3 is 2.26 bits per heavy atom. The first-order valence-corrected chi connectivity index (χ1v) is 7.16. The molecule has 1 amide bonds. The lowest BCUT2D eigenvalue weighted by Gasteiger charge is -2.25. The fraction of sp³-hybridized carbons (Fsp3) is 0.800. The van der Waals surface area contributed by atoms with Gasteiger partial charge in [0.05, 0.1) is 6.10 Å². The van der Waals surface area contributed by atoms with Gasteiger partial charge in [-0.2, -0.15) is 13.1 Å². The van der Waals surface area contributed by atoms with Crippen LogP contribution in [-0.2, 0) is 19.7 Å². The first kappa shape index (κ1) is 17.6. The average molecular weight is 296 g/mol. The Hall–Kier alpha value is -1.35. The highest BCUT2D eigenvalue weighted by Gasteiger charge is 2.27. The van der Waals surface area contributed by atoms with Crippen LogP contribution < -0.4 is 9.44 Å². The van der Waals surface area contributed by atoms with Crippen molar-refractivity contribution in [2.24, 2.45) is 0 Å². The van der Waals surface area contributed by atoms with Crippen LogP contribution in [0.1, 0.15) is 40.5 Å². The zero-order chi connectivity index (χ0) is 15.3. The molecule has 0 aromatic carbocycles. The van der Waals surface area contributed by atoms with Gasteiger partial charge in [-0.05, 0) is 34.1 Å². The molecule has 0 spiro atoms. The molecule has 8 nitrogen and oxygen atoms in total. The molecule has 0 saturated carbocycles. The number of aliphatic carboxylic acids is 1. The summed E-state index contributed by atoms with van der Waals surface area (Å²) in [6.07, 6.45) is -1.64. The van der Waals surface area contributed by atoms with Gasteiger partial charge in [0.1, 0.15) is 0 Å². The van der Waals surface area contributed by atoms with Crippen LogP contribution in [0.2, 0.25) is 0 Å². The van der Waals surface area contributed by atoms with Crippen molar-refractivity contribution in [2.75, 3.05) is 0 Å². The van der Waals surface area contributed by atoms with Crippen molar-refractivity contribution in [2.45, 2.75) is 52.2 Å². The summed E-state index contributed by atoms with van der Waals surface area (Å²) < 4.78 is 31.7. The number of nitrogens with one attached hydrogen (secondary N) is 2. The molecule has 0 rings (SSSR count). The average Bonchev–Trinajstić information content (AvgIpc) is 2.10. The quantitative estimate of drug-likeness (QED) is 0.632. The van der Waals surface area contributed by atoms with Crippen LogP contribution >= 0.6 is 0 Å². The lowest BCUT2D eigenvalue weighted by molar-refractivity contribution is -0.137. The van der Waals surface area contributed by atoms with Crippen molar-refractivity contribution < 1.29 is 27.9 Å². The Morgan fingerprint density at radius 1 is 1.32 bits per heavy atom. The minimum atomic E-state index is -4.10. The molecule has 19 heavy (non-hydrogen) atoms. The van der Waals surface area contributed by atoms with Crippen molar-refractivity contribution in [3.05, 3.63) is 0 Å². The molecule has 0 atom stereocenters. The molecule has 0 saturated heterocycles. The number of amides is 1. The van der Waals surface area contributed by atoms with Crippen LogP contribution in [0.4, 0.5) is 4.79 Å². The molecule has 0 unspecified atom stereocenters. The highest BCUT2D eigenvalue weighted by molar-refractivity contribution is 7.88. The summed E-state index contributed by atoms with van der Waals surface area (Å²) in [5.41, 5.74) is -0.998. The normalized spacial score (nSPS) is 12.3. The summed E-state index contributed by atoms with van der Waals surface area (Å²) in [5, 5.41) is 8.55. The molecule has 112 valence electrons. The molecule has 0 radical (unpaired) electrons. The number of rotatable bonds is 7. The fourth-order valence-corrected chi connectivity index (χ4v) is 2.36. The lowest BCUT2D eigenvalue weighted by atomic mass is 10.0. The third-order valence-electron chi connectivity index (χ3n) is 1.93. The molecule has 0 aliphatic rings. The predicted molar refractivity (Wildman–Crippen MR) is 67.8 cm³/mol. The maximum absolute atomic E-state index is 11.6. The molecule has 0 aromatic rings. The number of carbonyl (C=O) groups excluding carboxylic acids is 1. The molecule has 0 aromatic heterocycles. The molecule has 9 heteroatoms. The van der Waals surface area contributed by atoms with Crippen molar-refractivity contribution in [1.82, 2.24) is 9.44 Å². The maximum Gasteiger partial charge on any atom is 0.422 e. The monoisotopic (exact) mass is 296 g/mol. The molecule has 0 aliphatic carbocycles. The second-order valence-corrected chi connectivity index (χ2v) is 6.35. The smallest absolute Gasteiger partial charge is 0.422 e. The summed E-state index contributed by atoms with van der Waals surface area (Å²) >= 11 is 0. The van der Waals surface area contributed by atoms with E-state index in [2.05, 4.69) is 9.46 Å². The van der Waals surface area contributed by atoms with Crippen molar-refractivity contribution in [3.8, 4) is 0 Å². The van der Waals surface area contributed by atoms with Crippen molar-refractivity contribution in [1.29, 1.82) is 0 Å². The summed E-state index contributed by atoms with van der Waals surface area (Å²) in [4.78, 5) is 21.6. The second-order valence-electron chi connectivity index (χ2n) is 4.94. The standard InChI is InChI=1S/C10H20N2O6S/c1-7(2)18-9(15)11-19(16,17)12-10(3,4)6-5-8(13)14/h7,12H,5-6H2,1-4H3,(H,11,15)(H,13,14). The Labute approximate surface area is 112 Å². The van der Waals surface area contributed by atoms with E-state index in [1.54, 1.807) is 18.6 Å². The Kier molecular flexibility index (Phi) is 6.23. The van der Waals surface area contributed by atoms with Crippen molar-refractivity contribution in [3.63, 3.8) is 0 Å². The van der Waals surface area contributed by atoms with Gasteiger partial charge in [-0.25, -0.2) is 9.52 Å². The summed E-state index contributed by atoms with van der Waals surface area (Å²) in [7, 11) is -4.10. The Bertz CT molecular complexity index is 429. The molecule has 0 fully saturated rings. The third-order valence-corrected chi connectivity index (χ3v) is 3.19.